The number of nitrogens with one attached hydrogen (secondary N) is 1. The Morgan fingerprint density at radius 1 is 1.25 bits per heavy atom. The van der Waals surface area contributed by atoms with Crippen molar-refractivity contribution in [3.8, 4) is 11.8 Å². The highest BCUT2D eigenvalue weighted by Gasteiger charge is 2.31. The first-order valence-corrected chi connectivity index (χ1v) is 7.17. The highest BCUT2D eigenvalue weighted by atomic mass is 79.9. The molecule has 3 heteroatoms. The van der Waals surface area contributed by atoms with Crippen molar-refractivity contribution in [2.75, 3.05) is 13.1 Å². The van der Waals surface area contributed by atoms with E-state index in [-0.39, 0.29) is 0 Å². The van der Waals surface area contributed by atoms with E-state index in [4.69, 9.17) is 4.74 Å². The van der Waals surface area contributed by atoms with Gasteiger partial charge in [0.25, 0.3) is 0 Å². The third-order valence-electron chi connectivity index (χ3n) is 3.25. The Labute approximate surface area is 107 Å². The molecule has 1 aliphatic carbocycles. The van der Waals surface area contributed by atoms with Crippen molar-refractivity contribution in [3.63, 3.8) is 0 Å². The fourth-order valence-corrected chi connectivity index (χ4v) is 2.36. The maximum atomic E-state index is 6.04. The molecule has 0 bridgehead atoms. The van der Waals surface area contributed by atoms with E-state index < -0.39 is 0 Å². The summed E-state index contributed by atoms with van der Waals surface area (Å²) in [4.78, 5) is 0.317. The topological polar surface area (TPSA) is 21.3 Å². The van der Waals surface area contributed by atoms with Gasteiger partial charge in [0.05, 0.1) is 17.0 Å². The van der Waals surface area contributed by atoms with Gasteiger partial charge in [-0.2, -0.15) is 0 Å². The minimum Gasteiger partial charge on any atom is -0.375 e. The maximum Gasteiger partial charge on any atom is 0.0726 e. The molecule has 1 aliphatic heterocycles. The van der Waals surface area contributed by atoms with Crippen molar-refractivity contribution >= 4 is 15.9 Å². The Hall–Kier alpha value is -0.0400. The van der Waals surface area contributed by atoms with Crippen LogP contribution in [-0.2, 0) is 4.74 Å². The van der Waals surface area contributed by atoms with Crippen LogP contribution in [0.25, 0.3) is 0 Å². The van der Waals surface area contributed by atoms with E-state index in [0.717, 1.165) is 25.9 Å². The van der Waals surface area contributed by atoms with E-state index in [1.807, 2.05) is 0 Å². The van der Waals surface area contributed by atoms with Crippen molar-refractivity contribution in [2.24, 2.45) is 5.92 Å². The van der Waals surface area contributed by atoms with Crippen molar-refractivity contribution in [3.05, 3.63) is 0 Å². The SMILES string of the molecule is CC(Br)C#C[C@H]1C[C@H](OC2CCNCC2)C1. The number of piperidine rings is 1. The Kier molecular flexibility index (Phi) is 4.69. The van der Waals surface area contributed by atoms with Crippen LogP contribution in [0.2, 0.25) is 0 Å². The number of hydrogen-bond acceptors (Lipinski definition) is 2. The third kappa shape index (κ3) is 3.76. The summed E-state index contributed by atoms with van der Waals surface area (Å²) in [7, 11) is 0. The molecule has 1 saturated carbocycles. The van der Waals surface area contributed by atoms with Crippen LogP contribution < -0.4 is 5.32 Å². The van der Waals surface area contributed by atoms with Gasteiger partial charge in [-0.3, -0.25) is 0 Å². The second-order valence-corrected chi connectivity index (χ2v) is 6.15. The molecule has 0 aromatic carbocycles. The predicted molar refractivity (Wildman–Crippen MR) is 69.7 cm³/mol. The molecular weight excluding hydrogens is 266 g/mol. The lowest BCUT2D eigenvalue weighted by Gasteiger charge is -2.36. The minimum absolute atomic E-state index is 0.317. The molecule has 0 aromatic heterocycles. The molecule has 0 amide bonds. The zero-order valence-corrected chi connectivity index (χ0v) is 11.4. The molecule has 1 unspecified atom stereocenters. The van der Waals surface area contributed by atoms with Crippen molar-refractivity contribution in [1.82, 2.24) is 5.32 Å². The maximum absolute atomic E-state index is 6.04. The lowest BCUT2D eigenvalue weighted by atomic mass is 9.82. The summed E-state index contributed by atoms with van der Waals surface area (Å²) in [6, 6.07) is 0. The van der Waals surface area contributed by atoms with Crippen molar-refractivity contribution in [2.45, 2.75) is 49.6 Å². The molecule has 0 radical (unpaired) electrons. The third-order valence-corrected chi connectivity index (χ3v) is 3.48. The Balaban J connectivity index is 1.63. The molecule has 0 spiro atoms. The van der Waals surface area contributed by atoms with Crippen molar-refractivity contribution in [1.29, 1.82) is 0 Å². The number of hydrogen-bond donors (Lipinski definition) is 1. The summed E-state index contributed by atoms with van der Waals surface area (Å²) >= 11 is 3.44. The summed E-state index contributed by atoms with van der Waals surface area (Å²) in [5.41, 5.74) is 0. The van der Waals surface area contributed by atoms with Gasteiger partial charge in [-0.1, -0.05) is 27.8 Å². The molecule has 1 N–H and O–H groups in total. The molecule has 1 saturated heterocycles. The lowest BCUT2D eigenvalue weighted by molar-refractivity contribution is -0.0743. The largest absolute Gasteiger partial charge is 0.375 e. The number of ether oxygens (including phenoxy) is 1. The monoisotopic (exact) mass is 285 g/mol. The molecular formula is C13H20BrNO. The summed E-state index contributed by atoms with van der Waals surface area (Å²) < 4.78 is 6.04. The van der Waals surface area contributed by atoms with Crippen LogP contribution in [0.1, 0.15) is 32.6 Å². The molecule has 2 aliphatic rings. The van der Waals surface area contributed by atoms with E-state index in [1.165, 1.54) is 12.8 Å². The minimum atomic E-state index is 0.317. The van der Waals surface area contributed by atoms with Gasteiger partial charge < -0.3 is 10.1 Å². The van der Waals surface area contributed by atoms with Crippen LogP contribution in [-0.4, -0.2) is 30.1 Å². The zero-order chi connectivity index (χ0) is 11.4. The van der Waals surface area contributed by atoms with Crippen LogP contribution >= 0.6 is 15.9 Å². The summed E-state index contributed by atoms with van der Waals surface area (Å²) in [6.07, 6.45) is 5.59. The van der Waals surface area contributed by atoms with Crippen LogP contribution in [0, 0.1) is 17.8 Å². The smallest absolute Gasteiger partial charge is 0.0726 e. The van der Waals surface area contributed by atoms with Crippen molar-refractivity contribution < 1.29 is 4.74 Å². The normalized spacial score (nSPS) is 32.4. The highest BCUT2D eigenvalue weighted by Crippen LogP contribution is 2.31. The Morgan fingerprint density at radius 2 is 1.94 bits per heavy atom. The van der Waals surface area contributed by atoms with Gasteiger partial charge in [0.15, 0.2) is 0 Å². The van der Waals surface area contributed by atoms with Gasteiger partial charge in [-0.05, 0) is 45.7 Å². The van der Waals surface area contributed by atoms with Gasteiger partial charge in [0, 0.05) is 5.92 Å². The van der Waals surface area contributed by atoms with Crippen LogP contribution in [0.3, 0.4) is 0 Å². The van der Waals surface area contributed by atoms with E-state index in [0.29, 0.717) is 23.0 Å². The van der Waals surface area contributed by atoms with Gasteiger partial charge in [0.1, 0.15) is 0 Å². The van der Waals surface area contributed by atoms with Gasteiger partial charge >= 0.3 is 0 Å². The fraction of sp³-hybridized carbons (Fsp3) is 0.846. The number of halogens is 1. The van der Waals surface area contributed by atoms with Crippen LogP contribution in [0.5, 0.6) is 0 Å². The first-order valence-electron chi connectivity index (χ1n) is 6.25. The summed E-state index contributed by atoms with van der Waals surface area (Å²) in [5.74, 6) is 7.04. The highest BCUT2D eigenvalue weighted by molar-refractivity contribution is 9.09. The molecule has 0 aromatic rings. The van der Waals surface area contributed by atoms with E-state index in [1.54, 1.807) is 0 Å². The lowest BCUT2D eigenvalue weighted by Crippen LogP contribution is -2.39. The van der Waals surface area contributed by atoms with Crippen LogP contribution in [0.4, 0.5) is 0 Å². The quantitative estimate of drug-likeness (QED) is 0.621. The van der Waals surface area contributed by atoms with E-state index in [9.17, 15) is 0 Å². The second kappa shape index (κ2) is 6.05. The predicted octanol–water partition coefficient (Wildman–Crippen LogP) is 2.32. The average molecular weight is 286 g/mol. The second-order valence-electron chi connectivity index (χ2n) is 4.78. The van der Waals surface area contributed by atoms with Gasteiger partial charge in [0.2, 0.25) is 0 Å². The first kappa shape index (κ1) is 12.4. The number of alkyl halides is 1. The van der Waals surface area contributed by atoms with Gasteiger partial charge in [-0.15, -0.1) is 0 Å². The van der Waals surface area contributed by atoms with Crippen LogP contribution in [0.15, 0.2) is 0 Å². The van der Waals surface area contributed by atoms with E-state index >= 15 is 0 Å². The number of rotatable bonds is 2. The fourth-order valence-electron chi connectivity index (χ4n) is 2.23. The Bertz CT molecular complexity index is 269. The van der Waals surface area contributed by atoms with E-state index in [2.05, 4.69) is 40.0 Å². The molecule has 2 fully saturated rings. The summed E-state index contributed by atoms with van der Waals surface area (Å²) in [5, 5.41) is 3.36. The standard InChI is InChI=1S/C13H20BrNO/c1-10(14)2-3-11-8-13(9-11)16-12-4-6-15-7-5-12/h10-13,15H,4-9H2,1H3/t10?,11-,13-. The first-order chi connectivity index (χ1) is 7.74. The summed E-state index contributed by atoms with van der Waals surface area (Å²) in [6.45, 7) is 4.29. The Morgan fingerprint density at radius 3 is 2.56 bits per heavy atom. The molecule has 90 valence electrons. The average Bonchev–Trinajstić information content (AvgIpc) is 2.22. The molecule has 2 nitrogen and oxygen atoms in total. The molecule has 16 heavy (non-hydrogen) atoms. The molecule has 2 rings (SSSR count). The molecule has 1 atom stereocenters. The zero-order valence-electron chi connectivity index (χ0n) is 9.84. The van der Waals surface area contributed by atoms with Gasteiger partial charge in [-0.25, -0.2) is 0 Å². The molecule has 1 heterocycles.